The predicted molar refractivity (Wildman–Crippen MR) is 93.7 cm³/mol. The van der Waals surface area contributed by atoms with Crippen LogP contribution in [-0.2, 0) is 6.54 Å². The molecule has 0 saturated heterocycles. The summed E-state index contributed by atoms with van der Waals surface area (Å²) in [4.78, 5) is 16.5. The number of nitrogens with zero attached hydrogens (tertiary/aromatic N) is 1. The number of nitrogens with one attached hydrogen (secondary N) is 2. The van der Waals surface area contributed by atoms with Gasteiger partial charge in [-0.2, -0.15) is 0 Å². The summed E-state index contributed by atoms with van der Waals surface area (Å²) in [6.45, 7) is 4.44. The fraction of sp³-hybridized carbons (Fsp3) is 0.333. The SMILES string of the molecule is COc1ccc(CNC(=O)c2ccnc(NC(C)C)c2)cc1OC. The topological polar surface area (TPSA) is 72.5 Å². The number of carbonyl (C=O) groups excluding carboxylic acids is 1. The highest BCUT2D eigenvalue weighted by Gasteiger charge is 2.09. The third-order valence-corrected chi connectivity index (χ3v) is 3.36. The zero-order valence-corrected chi connectivity index (χ0v) is 14.4. The molecular formula is C18H23N3O3. The maximum atomic E-state index is 12.3. The lowest BCUT2D eigenvalue weighted by atomic mass is 10.2. The van der Waals surface area contributed by atoms with Crippen LogP contribution in [0.4, 0.5) is 5.82 Å². The van der Waals surface area contributed by atoms with Crippen LogP contribution >= 0.6 is 0 Å². The first-order chi connectivity index (χ1) is 11.5. The second-order valence-corrected chi connectivity index (χ2v) is 5.60. The maximum absolute atomic E-state index is 12.3. The molecule has 0 aliphatic rings. The van der Waals surface area contributed by atoms with Crippen LogP contribution in [0, 0.1) is 0 Å². The molecule has 128 valence electrons. The molecule has 1 amide bonds. The number of methoxy groups -OCH3 is 2. The first-order valence-electron chi connectivity index (χ1n) is 7.75. The second kappa shape index (κ2) is 8.19. The normalized spacial score (nSPS) is 10.4. The molecule has 0 aliphatic heterocycles. The van der Waals surface area contributed by atoms with Crippen molar-refractivity contribution >= 4 is 11.7 Å². The van der Waals surface area contributed by atoms with Crippen LogP contribution in [0.25, 0.3) is 0 Å². The summed E-state index contributed by atoms with van der Waals surface area (Å²) in [5, 5.41) is 6.07. The van der Waals surface area contributed by atoms with Gasteiger partial charge in [0.15, 0.2) is 11.5 Å². The van der Waals surface area contributed by atoms with Crippen molar-refractivity contribution in [3.05, 3.63) is 47.7 Å². The van der Waals surface area contributed by atoms with E-state index in [1.807, 2.05) is 32.0 Å². The van der Waals surface area contributed by atoms with Crippen LogP contribution in [0.2, 0.25) is 0 Å². The first kappa shape index (κ1) is 17.6. The molecule has 2 aromatic rings. The van der Waals surface area contributed by atoms with Gasteiger partial charge in [-0.15, -0.1) is 0 Å². The summed E-state index contributed by atoms with van der Waals surface area (Å²) in [5.74, 6) is 1.82. The van der Waals surface area contributed by atoms with E-state index in [0.29, 0.717) is 29.4 Å². The maximum Gasteiger partial charge on any atom is 0.251 e. The lowest BCUT2D eigenvalue weighted by Crippen LogP contribution is -2.23. The molecule has 1 heterocycles. The number of benzene rings is 1. The Kier molecular flexibility index (Phi) is 6.01. The van der Waals surface area contributed by atoms with Crippen LogP contribution in [0.5, 0.6) is 11.5 Å². The molecule has 0 atom stereocenters. The number of ether oxygens (including phenoxy) is 2. The molecule has 1 aromatic carbocycles. The molecule has 0 saturated carbocycles. The Hall–Kier alpha value is -2.76. The predicted octanol–water partition coefficient (Wildman–Crippen LogP) is 2.85. The lowest BCUT2D eigenvalue weighted by molar-refractivity contribution is 0.0951. The van der Waals surface area contributed by atoms with E-state index in [2.05, 4.69) is 15.6 Å². The second-order valence-electron chi connectivity index (χ2n) is 5.60. The summed E-state index contributed by atoms with van der Waals surface area (Å²) in [7, 11) is 3.17. The van der Waals surface area contributed by atoms with Gasteiger partial charge in [-0.05, 0) is 43.7 Å². The molecule has 0 spiro atoms. The largest absolute Gasteiger partial charge is 0.493 e. The van der Waals surface area contributed by atoms with Crippen LogP contribution < -0.4 is 20.1 Å². The fourth-order valence-electron chi connectivity index (χ4n) is 2.22. The van der Waals surface area contributed by atoms with Crippen molar-refractivity contribution < 1.29 is 14.3 Å². The van der Waals surface area contributed by atoms with Gasteiger partial charge in [-0.3, -0.25) is 4.79 Å². The zero-order valence-electron chi connectivity index (χ0n) is 14.4. The summed E-state index contributed by atoms with van der Waals surface area (Å²) in [5.41, 5.74) is 1.49. The summed E-state index contributed by atoms with van der Waals surface area (Å²) in [6.07, 6.45) is 1.62. The minimum absolute atomic E-state index is 0.154. The standard InChI is InChI=1S/C18H23N3O3/c1-12(2)21-17-10-14(7-8-19-17)18(22)20-11-13-5-6-15(23-3)16(9-13)24-4/h5-10,12H,11H2,1-4H3,(H,19,21)(H,20,22). The quantitative estimate of drug-likeness (QED) is 0.817. The summed E-state index contributed by atoms with van der Waals surface area (Å²) < 4.78 is 10.5. The highest BCUT2D eigenvalue weighted by Crippen LogP contribution is 2.27. The van der Waals surface area contributed by atoms with Gasteiger partial charge in [0.2, 0.25) is 0 Å². The van der Waals surface area contributed by atoms with Gasteiger partial charge in [-0.1, -0.05) is 6.07 Å². The van der Waals surface area contributed by atoms with Gasteiger partial charge >= 0.3 is 0 Å². The third kappa shape index (κ3) is 4.62. The molecule has 6 heteroatoms. The Morgan fingerprint density at radius 2 is 1.88 bits per heavy atom. The van der Waals surface area contributed by atoms with Crippen LogP contribution in [-0.4, -0.2) is 31.2 Å². The average Bonchev–Trinajstić information content (AvgIpc) is 2.59. The molecule has 1 aromatic heterocycles. The minimum atomic E-state index is -0.154. The minimum Gasteiger partial charge on any atom is -0.493 e. The van der Waals surface area contributed by atoms with Gasteiger partial charge in [0.25, 0.3) is 5.91 Å². The molecule has 0 radical (unpaired) electrons. The van der Waals surface area contributed by atoms with Crippen molar-refractivity contribution in [2.45, 2.75) is 26.4 Å². The van der Waals surface area contributed by atoms with Crippen LogP contribution in [0.15, 0.2) is 36.5 Å². The molecule has 2 N–H and O–H groups in total. The molecule has 2 rings (SSSR count). The Bertz CT molecular complexity index is 702. The number of hydrogen-bond donors (Lipinski definition) is 2. The van der Waals surface area contributed by atoms with Crippen molar-refractivity contribution in [2.24, 2.45) is 0 Å². The van der Waals surface area contributed by atoms with Crippen molar-refractivity contribution in [3.8, 4) is 11.5 Å². The molecule has 0 bridgehead atoms. The smallest absolute Gasteiger partial charge is 0.251 e. The summed E-state index contributed by atoms with van der Waals surface area (Å²) in [6, 6.07) is 9.23. The Balaban J connectivity index is 2.03. The van der Waals surface area contributed by atoms with Gasteiger partial charge < -0.3 is 20.1 Å². The Labute approximate surface area is 142 Å². The zero-order chi connectivity index (χ0) is 17.5. The van der Waals surface area contributed by atoms with E-state index in [1.54, 1.807) is 32.5 Å². The van der Waals surface area contributed by atoms with Crippen molar-refractivity contribution in [1.29, 1.82) is 0 Å². The highest BCUT2D eigenvalue weighted by atomic mass is 16.5. The molecule has 24 heavy (non-hydrogen) atoms. The first-order valence-corrected chi connectivity index (χ1v) is 7.75. The number of pyridine rings is 1. The van der Waals surface area contributed by atoms with E-state index in [1.165, 1.54) is 0 Å². The van der Waals surface area contributed by atoms with Gasteiger partial charge in [-0.25, -0.2) is 4.98 Å². The average molecular weight is 329 g/mol. The molecule has 0 aliphatic carbocycles. The van der Waals surface area contributed by atoms with E-state index in [-0.39, 0.29) is 11.9 Å². The van der Waals surface area contributed by atoms with Gasteiger partial charge in [0.1, 0.15) is 5.82 Å². The van der Waals surface area contributed by atoms with E-state index < -0.39 is 0 Å². The third-order valence-electron chi connectivity index (χ3n) is 3.36. The van der Waals surface area contributed by atoms with Gasteiger partial charge in [0, 0.05) is 24.3 Å². The van der Waals surface area contributed by atoms with Crippen LogP contribution in [0.1, 0.15) is 29.8 Å². The number of aromatic nitrogens is 1. The van der Waals surface area contributed by atoms with E-state index in [4.69, 9.17) is 9.47 Å². The molecule has 0 fully saturated rings. The van der Waals surface area contributed by atoms with Gasteiger partial charge in [0.05, 0.1) is 14.2 Å². The Morgan fingerprint density at radius 1 is 1.12 bits per heavy atom. The molecule has 0 unspecified atom stereocenters. The number of amides is 1. The van der Waals surface area contributed by atoms with Crippen molar-refractivity contribution in [2.75, 3.05) is 19.5 Å². The monoisotopic (exact) mass is 329 g/mol. The number of carbonyl (C=O) groups is 1. The fourth-order valence-corrected chi connectivity index (χ4v) is 2.22. The van der Waals surface area contributed by atoms with Crippen molar-refractivity contribution in [1.82, 2.24) is 10.3 Å². The Morgan fingerprint density at radius 3 is 2.54 bits per heavy atom. The van der Waals surface area contributed by atoms with E-state index in [9.17, 15) is 4.79 Å². The highest BCUT2D eigenvalue weighted by molar-refractivity contribution is 5.94. The lowest BCUT2D eigenvalue weighted by Gasteiger charge is -2.12. The number of hydrogen-bond acceptors (Lipinski definition) is 5. The molecular weight excluding hydrogens is 306 g/mol. The number of rotatable bonds is 7. The van der Waals surface area contributed by atoms with Crippen LogP contribution in [0.3, 0.4) is 0 Å². The van der Waals surface area contributed by atoms with E-state index in [0.717, 1.165) is 5.56 Å². The molecule has 6 nitrogen and oxygen atoms in total. The summed E-state index contributed by atoms with van der Waals surface area (Å²) >= 11 is 0. The number of anilines is 1. The van der Waals surface area contributed by atoms with E-state index >= 15 is 0 Å². The van der Waals surface area contributed by atoms with Crippen molar-refractivity contribution in [3.63, 3.8) is 0 Å².